The molecule has 0 spiro atoms. The Balaban J connectivity index is 1.48. The normalized spacial score (nSPS) is 19.6. The van der Waals surface area contributed by atoms with E-state index in [0.717, 1.165) is 52.2 Å². The van der Waals surface area contributed by atoms with E-state index in [0.29, 0.717) is 17.5 Å². The van der Waals surface area contributed by atoms with Gasteiger partial charge in [0.15, 0.2) is 0 Å². The van der Waals surface area contributed by atoms with Crippen molar-refractivity contribution in [2.24, 2.45) is 0 Å². The zero-order valence-electron chi connectivity index (χ0n) is 15.8. The lowest BCUT2D eigenvalue weighted by atomic mass is 10.0. The highest BCUT2D eigenvalue weighted by atomic mass is 16.5. The van der Waals surface area contributed by atoms with Crippen molar-refractivity contribution in [3.63, 3.8) is 0 Å². The van der Waals surface area contributed by atoms with Crippen LogP contribution in [-0.2, 0) is 9.47 Å². The number of nitrogens with zero attached hydrogens (tertiary/aromatic N) is 2. The van der Waals surface area contributed by atoms with Crippen LogP contribution in [0.5, 0.6) is 0 Å². The first kappa shape index (κ1) is 18.9. The van der Waals surface area contributed by atoms with E-state index in [-0.39, 0.29) is 11.9 Å². The van der Waals surface area contributed by atoms with E-state index in [9.17, 15) is 0 Å². The summed E-state index contributed by atoms with van der Waals surface area (Å²) in [4.78, 5) is 4.44. The number of rotatable bonds is 3. The summed E-state index contributed by atoms with van der Waals surface area (Å²) >= 11 is 0. The van der Waals surface area contributed by atoms with Gasteiger partial charge in [-0.2, -0.15) is 0 Å². The fraction of sp³-hybridized carbons (Fsp3) is 0.600. The van der Waals surface area contributed by atoms with Crippen LogP contribution in [0.25, 0.3) is 0 Å². The molecule has 2 N–H and O–H groups in total. The number of benzene rings is 1. The smallest absolute Gasteiger partial charge is 0.291 e. The molecule has 0 aliphatic carbocycles. The van der Waals surface area contributed by atoms with Gasteiger partial charge in [-0.1, -0.05) is 26.0 Å². The van der Waals surface area contributed by atoms with E-state index in [1.54, 1.807) is 0 Å². The summed E-state index contributed by atoms with van der Waals surface area (Å²) in [7, 11) is 0. The highest BCUT2D eigenvalue weighted by molar-refractivity contribution is 5.98. The van der Waals surface area contributed by atoms with Gasteiger partial charge in [0.25, 0.3) is 6.02 Å². The summed E-state index contributed by atoms with van der Waals surface area (Å²) in [6.07, 6.45) is 2.06. The summed E-state index contributed by atoms with van der Waals surface area (Å²) in [6.45, 7) is 9.57. The Bertz CT molecular complexity index is 615. The van der Waals surface area contributed by atoms with Crippen molar-refractivity contribution in [1.29, 1.82) is 10.8 Å². The van der Waals surface area contributed by atoms with Crippen molar-refractivity contribution in [2.45, 2.75) is 38.6 Å². The summed E-state index contributed by atoms with van der Waals surface area (Å²) in [5, 5.41) is 16.4. The van der Waals surface area contributed by atoms with Crippen LogP contribution in [0.1, 0.15) is 43.7 Å². The second-order valence-corrected chi connectivity index (χ2v) is 7.38. The molecule has 3 rings (SSSR count). The SMILES string of the molecule is CC(C)c1ccc(C(=N)OC(=N)N2CCC(N3CCOCC3)CC2)cc1. The van der Waals surface area contributed by atoms with Crippen LogP contribution >= 0.6 is 0 Å². The topological polar surface area (TPSA) is 72.6 Å². The third-order valence-electron chi connectivity index (χ3n) is 5.35. The number of piperidine rings is 1. The predicted molar refractivity (Wildman–Crippen MR) is 103 cm³/mol. The standard InChI is InChI=1S/C20H30N4O2/c1-15(2)16-3-5-17(6-4-16)19(21)26-20(22)24-9-7-18(8-10-24)23-11-13-25-14-12-23/h3-6,15,18,21-22H,7-14H2,1-2H3. The van der Waals surface area contributed by atoms with Crippen LogP contribution in [0.2, 0.25) is 0 Å². The molecule has 2 fully saturated rings. The maximum absolute atomic E-state index is 8.21. The molecule has 6 heteroatoms. The van der Waals surface area contributed by atoms with Crippen molar-refractivity contribution < 1.29 is 9.47 Å². The van der Waals surface area contributed by atoms with Gasteiger partial charge < -0.3 is 14.4 Å². The third kappa shape index (κ3) is 4.62. The number of morpholine rings is 1. The molecule has 1 aromatic carbocycles. The number of amidine groups is 1. The number of ether oxygens (including phenoxy) is 2. The highest BCUT2D eigenvalue weighted by Gasteiger charge is 2.27. The van der Waals surface area contributed by atoms with Crippen LogP contribution in [0, 0.1) is 10.8 Å². The Kier molecular flexibility index (Phi) is 6.27. The Labute approximate surface area is 156 Å². The molecule has 142 valence electrons. The third-order valence-corrected chi connectivity index (χ3v) is 5.35. The monoisotopic (exact) mass is 358 g/mol. The fourth-order valence-corrected chi connectivity index (χ4v) is 3.62. The molecule has 0 unspecified atom stereocenters. The van der Waals surface area contributed by atoms with Gasteiger partial charge in [0.2, 0.25) is 5.90 Å². The second kappa shape index (κ2) is 8.64. The molecule has 0 amide bonds. The minimum absolute atomic E-state index is 0.0422. The van der Waals surface area contributed by atoms with Crippen LogP contribution < -0.4 is 0 Å². The molecular formula is C20H30N4O2. The Morgan fingerprint density at radius 1 is 1.04 bits per heavy atom. The largest absolute Gasteiger partial charge is 0.407 e. The summed E-state index contributed by atoms with van der Waals surface area (Å²) in [5.41, 5.74) is 1.95. The molecule has 0 aromatic heterocycles. The minimum Gasteiger partial charge on any atom is -0.407 e. The van der Waals surface area contributed by atoms with Crippen LogP contribution in [0.4, 0.5) is 0 Å². The Morgan fingerprint density at radius 3 is 2.23 bits per heavy atom. The maximum atomic E-state index is 8.21. The van der Waals surface area contributed by atoms with Crippen molar-refractivity contribution in [3.8, 4) is 0 Å². The average molecular weight is 358 g/mol. The average Bonchev–Trinajstić information content (AvgIpc) is 2.68. The summed E-state index contributed by atoms with van der Waals surface area (Å²) in [5.74, 6) is 0.505. The molecule has 2 aliphatic rings. The van der Waals surface area contributed by atoms with Gasteiger partial charge in [-0.15, -0.1) is 0 Å². The van der Waals surface area contributed by atoms with Gasteiger partial charge in [0, 0.05) is 37.8 Å². The molecule has 6 nitrogen and oxygen atoms in total. The van der Waals surface area contributed by atoms with E-state index >= 15 is 0 Å². The van der Waals surface area contributed by atoms with Crippen LogP contribution in [-0.4, -0.2) is 67.2 Å². The quantitative estimate of drug-likeness (QED) is 0.644. The van der Waals surface area contributed by atoms with Gasteiger partial charge in [0.1, 0.15) is 0 Å². The van der Waals surface area contributed by atoms with Gasteiger partial charge >= 0.3 is 0 Å². The molecule has 0 radical (unpaired) electrons. The molecule has 2 saturated heterocycles. The van der Waals surface area contributed by atoms with Crippen molar-refractivity contribution in [2.75, 3.05) is 39.4 Å². The van der Waals surface area contributed by atoms with Gasteiger partial charge in [-0.25, -0.2) is 0 Å². The molecule has 26 heavy (non-hydrogen) atoms. The fourth-order valence-electron chi connectivity index (χ4n) is 3.62. The zero-order chi connectivity index (χ0) is 18.5. The Morgan fingerprint density at radius 2 is 1.65 bits per heavy atom. The molecule has 2 heterocycles. The zero-order valence-corrected chi connectivity index (χ0v) is 15.8. The van der Waals surface area contributed by atoms with Crippen molar-refractivity contribution in [1.82, 2.24) is 9.80 Å². The van der Waals surface area contributed by atoms with E-state index < -0.39 is 0 Å². The molecule has 0 saturated carbocycles. The van der Waals surface area contributed by atoms with E-state index in [1.165, 1.54) is 5.56 Å². The van der Waals surface area contributed by atoms with E-state index in [2.05, 4.69) is 18.7 Å². The summed E-state index contributed by atoms with van der Waals surface area (Å²) in [6, 6.07) is 8.50. The first-order valence-corrected chi connectivity index (χ1v) is 9.56. The number of likely N-dealkylation sites (tertiary alicyclic amines) is 1. The number of nitrogens with one attached hydrogen (secondary N) is 2. The van der Waals surface area contributed by atoms with Crippen molar-refractivity contribution in [3.05, 3.63) is 35.4 Å². The lowest BCUT2D eigenvalue weighted by molar-refractivity contribution is 0.00452. The van der Waals surface area contributed by atoms with Crippen LogP contribution in [0.3, 0.4) is 0 Å². The number of hydrogen-bond donors (Lipinski definition) is 2. The van der Waals surface area contributed by atoms with Gasteiger partial charge in [-0.3, -0.25) is 15.7 Å². The predicted octanol–water partition coefficient (Wildman–Crippen LogP) is 2.88. The molecule has 0 atom stereocenters. The van der Waals surface area contributed by atoms with Gasteiger partial charge in [-0.05, 0) is 36.5 Å². The molecule has 2 aliphatic heterocycles. The second-order valence-electron chi connectivity index (χ2n) is 7.38. The summed E-state index contributed by atoms with van der Waals surface area (Å²) < 4.78 is 10.9. The number of hydrogen-bond acceptors (Lipinski definition) is 5. The van der Waals surface area contributed by atoms with E-state index in [4.69, 9.17) is 20.3 Å². The minimum atomic E-state index is 0.0422. The highest BCUT2D eigenvalue weighted by Crippen LogP contribution is 2.19. The lowest BCUT2D eigenvalue weighted by Gasteiger charge is -2.40. The van der Waals surface area contributed by atoms with Crippen molar-refractivity contribution >= 4 is 11.9 Å². The first-order valence-electron chi connectivity index (χ1n) is 9.56. The maximum Gasteiger partial charge on any atom is 0.291 e. The van der Waals surface area contributed by atoms with Crippen LogP contribution in [0.15, 0.2) is 24.3 Å². The molecule has 1 aromatic rings. The Hall–Kier alpha value is -1.92. The lowest BCUT2D eigenvalue weighted by Crippen LogP contribution is -2.50. The van der Waals surface area contributed by atoms with E-state index in [1.807, 2.05) is 29.2 Å². The molecule has 0 bridgehead atoms. The molecular weight excluding hydrogens is 328 g/mol. The first-order chi connectivity index (χ1) is 12.5. The van der Waals surface area contributed by atoms with Gasteiger partial charge in [0.05, 0.1) is 13.2 Å².